The zero-order chi connectivity index (χ0) is 17.0. The van der Waals surface area contributed by atoms with Gasteiger partial charge in [0.05, 0.1) is 11.9 Å². The number of pyridine rings is 1. The molecule has 23 heavy (non-hydrogen) atoms. The number of rotatable bonds is 5. The van der Waals surface area contributed by atoms with Crippen LogP contribution in [0.5, 0.6) is 0 Å². The van der Waals surface area contributed by atoms with E-state index in [0.29, 0.717) is 12.1 Å². The molecule has 1 unspecified atom stereocenters. The second-order valence-electron chi connectivity index (χ2n) is 5.82. The Kier molecular flexibility index (Phi) is 5.15. The molecule has 0 bridgehead atoms. The number of amides is 1. The van der Waals surface area contributed by atoms with E-state index in [1.165, 1.54) is 6.20 Å². The molecule has 0 saturated carbocycles. The van der Waals surface area contributed by atoms with Crippen molar-refractivity contribution in [1.29, 1.82) is 0 Å². The standard InChI is InChI=1S/C16H19ClN4O2/c1-10-5-4-6-11(20-10)7-12(16(2,3)23-15(18)22)13-8-19-9-14(17)21-13/h4-6,8-9,12H,7H2,1-3H3,(H2,18,22). The lowest BCUT2D eigenvalue weighted by Gasteiger charge is -2.32. The molecule has 0 spiro atoms. The highest BCUT2D eigenvalue weighted by molar-refractivity contribution is 6.29. The summed E-state index contributed by atoms with van der Waals surface area (Å²) in [6.45, 7) is 5.48. The molecule has 2 N–H and O–H groups in total. The Bertz CT molecular complexity index is 706. The SMILES string of the molecule is Cc1cccc(CC(c2cncc(Cl)n2)C(C)(C)OC(N)=O)n1. The first-order chi connectivity index (χ1) is 10.8. The number of carbonyl (C=O) groups is 1. The van der Waals surface area contributed by atoms with E-state index >= 15 is 0 Å². The third-order valence-electron chi connectivity index (χ3n) is 3.54. The van der Waals surface area contributed by atoms with Crippen LogP contribution in [0, 0.1) is 6.92 Å². The van der Waals surface area contributed by atoms with Gasteiger partial charge in [-0.2, -0.15) is 0 Å². The summed E-state index contributed by atoms with van der Waals surface area (Å²) in [5.74, 6) is -0.296. The fourth-order valence-electron chi connectivity index (χ4n) is 2.48. The van der Waals surface area contributed by atoms with Crippen molar-refractivity contribution < 1.29 is 9.53 Å². The molecule has 0 aliphatic carbocycles. The van der Waals surface area contributed by atoms with Crippen LogP contribution in [0.2, 0.25) is 5.15 Å². The van der Waals surface area contributed by atoms with Crippen LogP contribution in [0.3, 0.4) is 0 Å². The topological polar surface area (TPSA) is 91.0 Å². The lowest BCUT2D eigenvalue weighted by atomic mass is 9.84. The smallest absolute Gasteiger partial charge is 0.405 e. The van der Waals surface area contributed by atoms with E-state index < -0.39 is 11.7 Å². The van der Waals surface area contributed by atoms with Crippen molar-refractivity contribution in [2.45, 2.75) is 38.7 Å². The average Bonchev–Trinajstić information content (AvgIpc) is 2.43. The zero-order valence-electron chi connectivity index (χ0n) is 13.3. The second kappa shape index (κ2) is 6.91. The molecule has 2 heterocycles. The predicted octanol–water partition coefficient (Wildman–Crippen LogP) is 3.03. The lowest BCUT2D eigenvalue weighted by Crippen LogP contribution is -2.38. The molecule has 0 aliphatic heterocycles. The van der Waals surface area contributed by atoms with Gasteiger partial charge in [0, 0.05) is 29.9 Å². The van der Waals surface area contributed by atoms with Crippen molar-refractivity contribution in [2.75, 3.05) is 0 Å². The van der Waals surface area contributed by atoms with Crippen molar-refractivity contribution in [1.82, 2.24) is 15.0 Å². The van der Waals surface area contributed by atoms with Gasteiger partial charge in [-0.15, -0.1) is 0 Å². The summed E-state index contributed by atoms with van der Waals surface area (Å²) in [5.41, 5.74) is 6.70. The van der Waals surface area contributed by atoms with E-state index in [-0.39, 0.29) is 11.1 Å². The van der Waals surface area contributed by atoms with Gasteiger partial charge in [-0.1, -0.05) is 17.7 Å². The number of halogens is 1. The van der Waals surface area contributed by atoms with Gasteiger partial charge in [-0.3, -0.25) is 9.97 Å². The molecular formula is C16H19ClN4O2. The molecule has 0 saturated heterocycles. The van der Waals surface area contributed by atoms with Gasteiger partial charge in [-0.05, 0) is 32.9 Å². The molecule has 2 aromatic rings. The normalized spacial score (nSPS) is 12.7. The predicted molar refractivity (Wildman–Crippen MR) is 87.2 cm³/mol. The minimum Gasteiger partial charge on any atom is -0.443 e. The molecule has 0 aromatic carbocycles. The molecule has 2 aromatic heterocycles. The number of hydrogen-bond donors (Lipinski definition) is 1. The van der Waals surface area contributed by atoms with Crippen LogP contribution in [0.4, 0.5) is 4.79 Å². The van der Waals surface area contributed by atoms with E-state index in [1.807, 2.05) is 25.1 Å². The van der Waals surface area contributed by atoms with Gasteiger partial charge in [0.25, 0.3) is 0 Å². The van der Waals surface area contributed by atoms with Gasteiger partial charge < -0.3 is 10.5 Å². The molecule has 2 rings (SSSR count). The maximum Gasteiger partial charge on any atom is 0.405 e. The minimum atomic E-state index is -0.892. The van der Waals surface area contributed by atoms with Crippen LogP contribution in [-0.4, -0.2) is 26.6 Å². The summed E-state index contributed by atoms with van der Waals surface area (Å²) in [5, 5.41) is 0.277. The van der Waals surface area contributed by atoms with Gasteiger partial charge in [0.15, 0.2) is 0 Å². The molecule has 1 amide bonds. The van der Waals surface area contributed by atoms with Crippen molar-refractivity contribution >= 4 is 17.7 Å². The molecule has 0 radical (unpaired) electrons. The van der Waals surface area contributed by atoms with Gasteiger partial charge in [0.1, 0.15) is 10.8 Å². The largest absolute Gasteiger partial charge is 0.443 e. The van der Waals surface area contributed by atoms with Gasteiger partial charge in [0.2, 0.25) is 0 Å². The van der Waals surface area contributed by atoms with E-state index in [0.717, 1.165) is 11.4 Å². The van der Waals surface area contributed by atoms with Crippen molar-refractivity contribution in [3.8, 4) is 0 Å². The number of nitrogens with two attached hydrogens (primary N) is 1. The second-order valence-corrected chi connectivity index (χ2v) is 6.21. The Labute approximate surface area is 140 Å². The zero-order valence-corrected chi connectivity index (χ0v) is 14.0. The minimum absolute atomic E-state index is 0.277. The van der Waals surface area contributed by atoms with Crippen LogP contribution < -0.4 is 5.73 Å². The number of hydrogen-bond acceptors (Lipinski definition) is 5. The highest BCUT2D eigenvalue weighted by atomic mass is 35.5. The van der Waals surface area contributed by atoms with Gasteiger partial charge in [-0.25, -0.2) is 9.78 Å². The van der Waals surface area contributed by atoms with Crippen LogP contribution >= 0.6 is 11.6 Å². The number of aromatic nitrogens is 3. The summed E-state index contributed by atoms with van der Waals surface area (Å²) < 4.78 is 5.30. The highest BCUT2D eigenvalue weighted by Gasteiger charge is 2.36. The van der Waals surface area contributed by atoms with E-state index in [9.17, 15) is 4.79 Å². The monoisotopic (exact) mass is 334 g/mol. The molecule has 0 aliphatic rings. The van der Waals surface area contributed by atoms with Crippen LogP contribution in [-0.2, 0) is 11.2 Å². The van der Waals surface area contributed by atoms with Crippen molar-refractivity contribution in [2.24, 2.45) is 5.73 Å². The highest BCUT2D eigenvalue weighted by Crippen LogP contribution is 2.33. The quantitative estimate of drug-likeness (QED) is 0.907. The van der Waals surface area contributed by atoms with Crippen molar-refractivity contribution in [3.63, 3.8) is 0 Å². The van der Waals surface area contributed by atoms with E-state index in [2.05, 4.69) is 15.0 Å². The molecule has 6 nitrogen and oxygen atoms in total. The maximum atomic E-state index is 11.2. The van der Waals surface area contributed by atoms with E-state index in [4.69, 9.17) is 22.1 Å². The number of nitrogens with zero attached hydrogens (tertiary/aromatic N) is 3. The molecule has 7 heteroatoms. The molecule has 1 atom stereocenters. The Morgan fingerprint density at radius 3 is 2.70 bits per heavy atom. The maximum absolute atomic E-state index is 11.2. The Morgan fingerprint density at radius 1 is 1.35 bits per heavy atom. The summed E-state index contributed by atoms with van der Waals surface area (Å²) in [7, 11) is 0. The Hall–Kier alpha value is -2.21. The first-order valence-corrected chi connectivity index (χ1v) is 7.54. The molecule has 122 valence electrons. The van der Waals surface area contributed by atoms with Crippen LogP contribution in [0.15, 0.2) is 30.6 Å². The Balaban J connectivity index is 2.40. The third-order valence-corrected chi connectivity index (χ3v) is 3.72. The fraction of sp³-hybridized carbons (Fsp3) is 0.375. The fourth-order valence-corrected chi connectivity index (χ4v) is 2.64. The van der Waals surface area contributed by atoms with Crippen LogP contribution in [0.25, 0.3) is 0 Å². The van der Waals surface area contributed by atoms with Crippen molar-refractivity contribution in [3.05, 3.63) is 52.8 Å². The summed E-state index contributed by atoms with van der Waals surface area (Å²) in [6.07, 6.45) is 2.73. The number of ether oxygens (including phenoxy) is 1. The first-order valence-electron chi connectivity index (χ1n) is 7.16. The summed E-state index contributed by atoms with van der Waals surface area (Å²) in [6, 6.07) is 5.77. The van der Waals surface area contributed by atoms with Crippen LogP contribution in [0.1, 0.15) is 36.8 Å². The number of aryl methyl sites for hydroxylation is 1. The van der Waals surface area contributed by atoms with Gasteiger partial charge >= 0.3 is 6.09 Å². The average molecular weight is 335 g/mol. The molecule has 0 fully saturated rings. The third kappa shape index (κ3) is 4.63. The van der Waals surface area contributed by atoms with E-state index in [1.54, 1.807) is 20.0 Å². The number of carbonyl (C=O) groups excluding carboxylic acids is 1. The molecular weight excluding hydrogens is 316 g/mol. The summed E-state index contributed by atoms with van der Waals surface area (Å²) >= 11 is 5.95. The number of primary amides is 1. The lowest BCUT2D eigenvalue weighted by molar-refractivity contribution is 0.0223. The first kappa shape index (κ1) is 17.1. The Morgan fingerprint density at radius 2 is 2.09 bits per heavy atom. The summed E-state index contributed by atoms with van der Waals surface area (Å²) in [4.78, 5) is 24.1.